The quantitative estimate of drug-likeness (QED) is 0.838. The highest BCUT2D eigenvalue weighted by molar-refractivity contribution is 5.97. The van der Waals surface area contributed by atoms with Gasteiger partial charge in [0, 0.05) is 6.08 Å². The average Bonchev–Trinajstić information content (AvgIpc) is 2.44. The molecule has 0 aliphatic heterocycles. The minimum absolute atomic E-state index is 0.423. The largest absolute Gasteiger partial charge is 0.480 e. The first kappa shape index (κ1) is 13.8. The summed E-state index contributed by atoms with van der Waals surface area (Å²) in [6, 6.07) is 12.8. The molecular formula is C16H15NO3. The average molecular weight is 269 g/mol. The number of hydrogen-bond acceptors (Lipinski definition) is 2. The van der Waals surface area contributed by atoms with Crippen LogP contribution in [-0.4, -0.2) is 23.0 Å². The summed E-state index contributed by atoms with van der Waals surface area (Å²) in [4.78, 5) is 22.3. The van der Waals surface area contributed by atoms with Crippen LogP contribution in [0.4, 0.5) is 0 Å². The van der Waals surface area contributed by atoms with Gasteiger partial charge < -0.3 is 10.4 Å². The molecule has 4 nitrogen and oxygen atoms in total. The van der Waals surface area contributed by atoms with E-state index in [-0.39, 0.29) is 0 Å². The first-order valence-electron chi connectivity index (χ1n) is 6.27. The molecule has 0 bridgehead atoms. The fraction of sp³-hybridized carbons (Fsp3) is 0.125. The third-order valence-corrected chi connectivity index (χ3v) is 2.97. The maximum atomic E-state index is 11.6. The summed E-state index contributed by atoms with van der Waals surface area (Å²) in [5.41, 5.74) is 0.918. The Hall–Kier alpha value is -2.62. The predicted octanol–water partition coefficient (Wildman–Crippen LogP) is 2.44. The SMILES string of the molecule is C[C@H](NC(=O)/C=C/c1cccc2ccccc12)C(=O)O. The van der Waals surface area contributed by atoms with E-state index in [0.29, 0.717) is 0 Å². The lowest BCUT2D eigenvalue weighted by Crippen LogP contribution is -2.37. The number of fused-ring (bicyclic) bond motifs is 1. The lowest BCUT2D eigenvalue weighted by molar-refractivity contribution is -0.140. The van der Waals surface area contributed by atoms with Crippen molar-refractivity contribution in [2.75, 3.05) is 0 Å². The van der Waals surface area contributed by atoms with E-state index in [1.54, 1.807) is 6.08 Å². The standard InChI is InChI=1S/C16H15NO3/c1-11(16(19)20)17-15(18)10-9-13-7-4-6-12-5-2-3-8-14(12)13/h2-11H,1H3,(H,17,18)(H,19,20)/b10-9+/t11-/m0/s1. The minimum atomic E-state index is -1.06. The Labute approximate surface area is 116 Å². The molecule has 0 saturated heterocycles. The summed E-state index contributed by atoms with van der Waals surface area (Å²) >= 11 is 0. The molecule has 2 aromatic carbocycles. The molecule has 0 spiro atoms. The second-order valence-corrected chi connectivity index (χ2v) is 4.47. The van der Waals surface area contributed by atoms with Crippen LogP contribution in [-0.2, 0) is 9.59 Å². The van der Waals surface area contributed by atoms with Gasteiger partial charge in [-0.25, -0.2) is 0 Å². The van der Waals surface area contributed by atoms with Gasteiger partial charge in [0.25, 0.3) is 0 Å². The second-order valence-electron chi connectivity index (χ2n) is 4.47. The molecule has 0 fully saturated rings. The first-order valence-corrected chi connectivity index (χ1v) is 6.27. The van der Waals surface area contributed by atoms with E-state index in [1.807, 2.05) is 42.5 Å². The number of hydrogen-bond donors (Lipinski definition) is 2. The van der Waals surface area contributed by atoms with Gasteiger partial charge >= 0.3 is 5.97 Å². The molecule has 20 heavy (non-hydrogen) atoms. The number of carboxylic acids is 1. The van der Waals surface area contributed by atoms with Crippen molar-refractivity contribution in [2.24, 2.45) is 0 Å². The lowest BCUT2D eigenvalue weighted by Gasteiger charge is -2.06. The summed E-state index contributed by atoms with van der Waals surface area (Å²) in [6.45, 7) is 1.42. The molecule has 0 aromatic heterocycles. The third kappa shape index (κ3) is 3.23. The molecular weight excluding hydrogens is 254 g/mol. The third-order valence-electron chi connectivity index (χ3n) is 2.97. The van der Waals surface area contributed by atoms with Crippen molar-refractivity contribution in [3.05, 3.63) is 54.1 Å². The van der Waals surface area contributed by atoms with E-state index in [1.165, 1.54) is 13.0 Å². The topological polar surface area (TPSA) is 66.4 Å². The molecule has 4 heteroatoms. The van der Waals surface area contributed by atoms with Gasteiger partial charge in [0.1, 0.15) is 6.04 Å². The van der Waals surface area contributed by atoms with Crippen LogP contribution in [0.3, 0.4) is 0 Å². The van der Waals surface area contributed by atoms with E-state index >= 15 is 0 Å². The van der Waals surface area contributed by atoms with E-state index in [9.17, 15) is 9.59 Å². The normalized spacial score (nSPS) is 12.4. The Balaban J connectivity index is 2.18. The van der Waals surface area contributed by atoms with Gasteiger partial charge in [-0.3, -0.25) is 9.59 Å². The monoisotopic (exact) mass is 269 g/mol. The molecule has 0 aliphatic carbocycles. The molecule has 0 aliphatic rings. The molecule has 2 rings (SSSR count). The van der Waals surface area contributed by atoms with Crippen LogP contribution < -0.4 is 5.32 Å². The molecule has 0 heterocycles. The van der Waals surface area contributed by atoms with Crippen LogP contribution in [0.25, 0.3) is 16.8 Å². The van der Waals surface area contributed by atoms with Crippen molar-refractivity contribution < 1.29 is 14.7 Å². The Morgan fingerprint density at radius 1 is 1.15 bits per heavy atom. The fourth-order valence-electron chi connectivity index (χ4n) is 1.88. The van der Waals surface area contributed by atoms with Crippen LogP contribution in [0.15, 0.2) is 48.5 Å². The molecule has 102 valence electrons. The van der Waals surface area contributed by atoms with Crippen molar-refractivity contribution in [3.63, 3.8) is 0 Å². The minimum Gasteiger partial charge on any atom is -0.480 e. The number of carbonyl (C=O) groups excluding carboxylic acids is 1. The number of nitrogens with one attached hydrogen (secondary N) is 1. The number of benzene rings is 2. The highest BCUT2D eigenvalue weighted by Crippen LogP contribution is 2.19. The fourth-order valence-corrected chi connectivity index (χ4v) is 1.88. The van der Waals surface area contributed by atoms with Crippen molar-refractivity contribution in [2.45, 2.75) is 13.0 Å². The highest BCUT2D eigenvalue weighted by atomic mass is 16.4. The van der Waals surface area contributed by atoms with Gasteiger partial charge in [-0.15, -0.1) is 0 Å². The van der Waals surface area contributed by atoms with Gasteiger partial charge in [-0.1, -0.05) is 42.5 Å². The zero-order chi connectivity index (χ0) is 14.5. The summed E-state index contributed by atoms with van der Waals surface area (Å²) in [5.74, 6) is -1.48. The van der Waals surface area contributed by atoms with Crippen molar-refractivity contribution in [1.29, 1.82) is 0 Å². The molecule has 2 aromatic rings. The number of carboxylic acid groups (broad SMARTS) is 1. The first-order chi connectivity index (χ1) is 9.58. The van der Waals surface area contributed by atoms with Gasteiger partial charge in [-0.2, -0.15) is 0 Å². The number of aliphatic carboxylic acids is 1. The smallest absolute Gasteiger partial charge is 0.325 e. The molecule has 0 saturated carbocycles. The van der Waals surface area contributed by atoms with Crippen LogP contribution in [0.5, 0.6) is 0 Å². The Morgan fingerprint density at radius 2 is 1.85 bits per heavy atom. The highest BCUT2D eigenvalue weighted by Gasteiger charge is 2.11. The number of carbonyl (C=O) groups is 2. The molecule has 2 N–H and O–H groups in total. The van der Waals surface area contributed by atoms with E-state index in [4.69, 9.17) is 5.11 Å². The summed E-state index contributed by atoms with van der Waals surface area (Å²) in [6.07, 6.45) is 3.04. The van der Waals surface area contributed by atoms with Gasteiger partial charge in [0.2, 0.25) is 5.91 Å². The molecule has 1 amide bonds. The Morgan fingerprint density at radius 3 is 2.60 bits per heavy atom. The summed E-state index contributed by atoms with van der Waals surface area (Å²) < 4.78 is 0. The Kier molecular flexibility index (Phi) is 4.15. The van der Waals surface area contributed by atoms with E-state index in [0.717, 1.165) is 16.3 Å². The van der Waals surface area contributed by atoms with Crippen molar-refractivity contribution in [3.8, 4) is 0 Å². The maximum absolute atomic E-state index is 11.6. The van der Waals surface area contributed by atoms with Crippen LogP contribution in [0.2, 0.25) is 0 Å². The van der Waals surface area contributed by atoms with Gasteiger partial charge in [0.15, 0.2) is 0 Å². The number of amides is 1. The summed E-state index contributed by atoms with van der Waals surface area (Å²) in [5, 5.41) is 13.2. The van der Waals surface area contributed by atoms with Gasteiger partial charge in [-0.05, 0) is 29.3 Å². The van der Waals surface area contributed by atoms with Crippen LogP contribution in [0.1, 0.15) is 12.5 Å². The van der Waals surface area contributed by atoms with Gasteiger partial charge in [0.05, 0.1) is 0 Å². The van der Waals surface area contributed by atoms with Crippen LogP contribution >= 0.6 is 0 Å². The van der Waals surface area contributed by atoms with E-state index in [2.05, 4.69) is 5.32 Å². The van der Waals surface area contributed by atoms with Crippen molar-refractivity contribution >= 4 is 28.7 Å². The lowest BCUT2D eigenvalue weighted by atomic mass is 10.0. The zero-order valence-corrected chi connectivity index (χ0v) is 11.0. The maximum Gasteiger partial charge on any atom is 0.325 e. The number of rotatable bonds is 4. The molecule has 0 radical (unpaired) electrons. The summed E-state index contributed by atoms with van der Waals surface area (Å²) in [7, 11) is 0. The van der Waals surface area contributed by atoms with E-state index < -0.39 is 17.9 Å². The Bertz CT molecular complexity index is 671. The van der Waals surface area contributed by atoms with Crippen LogP contribution in [0, 0.1) is 0 Å². The van der Waals surface area contributed by atoms with Crippen molar-refractivity contribution in [1.82, 2.24) is 5.32 Å². The second kappa shape index (κ2) is 6.02. The zero-order valence-electron chi connectivity index (χ0n) is 11.0. The molecule has 1 atom stereocenters. The molecule has 0 unspecified atom stereocenters. The predicted molar refractivity (Wildman–Crippen MR) is 78.2 cm³/mol.